The Morgan fingerprint density at radius 3 is 2.65 bits per heavy atom. The summed E-state index contributed by atoms with van der Waals surface area (Å²) in [6, 6.07) is 11.5. The van der Waals surface area contributed by atoms with Gasteiger partial charge in [-0.2, -0.15) is 0 Å². The van der Waals surface area contributed by atoms with E-state index < -0.39 is 5.91 Å². The molecule has 0 radical (unpaired) electrons. The van der Waals surface area contributed by atoms with Crippen LogP contribution in [0.2, 0.25) is 0 Å². The molecule has 23 heavy (non-hydrogen) atoms. The molecule has 0 aliphatic heterocycles. The van der Waals surface area contributed by atoms with Crippen molar-refractivity contribution in [3.63, 3.8) is 0 Å². The molecule has 0 atom stereocenters. The summed E-state index contributed by atoms with van der Waals surface area (Å²) < 4.78 is 0. The van der Waals surface area contributed by atoms with Gasteiger partial charge in [0.2, 0.25) is 0 Å². The smallest absolute Gasteiger partial charge is 0.269 e. The molecular weight excluding hydrogens is 290 g/mol. The van der Waals surface area contributed by atoms with Crippen molar-refractivity contribution < 1.29 is 4.79 Å². The highest BCUT2D eigenvalue weighted by Gasteiger charge is 2.17. The standard InChI is InChI=1S/C17H17N5O/c18-9-4-7-12-11-5-3-6-13(14-8-1-2-10-20-14)15(11)21-22-16(12)17(19)23/h1-3,5-6,8,10H,4,7,9,18H2,(H2,19,23). The lowest BCUT2D eigenvalue weighted by molar-refractivity contribution is 0.0994. The van der Waals surface area contributed by atoms with Crippen molar-refractivity contribution in [3.8, 4) is 11.3 Å². The maximum atomic E-state index is 11.7. The SMILES string of the molecule is NCCCc1c(C(N)=O)nnc2c(-c3ccccn3)cccc12. The van der Waals surface area contributed by atoms with Gasteiger partial charge in [0.05, 0.1) is 5.69 Å². The number of carbonyl (C=O) groups is 1. The highest BCUT2D eigenvalue weighted by atomic mass is 16.1. The van der Waals surface area contributed by atoms with Gasteiger partial charge in [-0.15, -0.1) is 10.2 Å². The third kappa shape index (κ3) is 2.89. The van der Waals surface area contributed by atoms with E-state index in [1.807, 2.05) is 36.4 Å². The molecule has 0 saturated heterocycles. The second-order valence-electron chi connectivity index (χ2n) is 5.20. The first-order valence-electron chi connectivity index (χ1n) is 7.42. The Morgan fingerprint density at radius 2 is 1.96 bits per heavy atom. The molecule has 2 aromatic heterocycles. The minimum absolute atomic E-state index is 0.212. The lowest BCUT2D eigenvalue weighted by atomic mass is 9.98. The molecule has 0 fully saturated rings. The van der Waals surface area contributed by atoms with Crippen molar-refractivity contribution in [1.82, 2.24) is 15.2 Å². The Kier molecular flexibility index (Phi) is 4.25. The highest BCUT2D eigenvalue weighted by Crippen LogP contribution is 2.28. The summed E-state index contributed by atoms with van der Waals surface area (Å²) >= 11 is 0. The van der Waals surface area contributed by atoms with Gasteiger partial charge in [0.1, 0.15) is 5.52 Å². The van der Waals surface area contributed by atoms with Gasteiger partial charge in [-0.25, -0.2) is 0 Å². The largest absolute Gasteiger partial charge is 0.364 e. The maximum absolute atomic E-state index is 11.7. The van der Waals surface area contributed by atoms with Gasteiger partial charge in [0, 0.05) is 17.1 Å². The second-order valence-corrected chi connectivity index (χ2v) is 5.20. The van der Waals surface area contributed by atoms with Crippen molar-refractivity contribution >= 4 is 16.8 Å². The quantitative estimate of drug-likeness (QED) is 0.745. The molecule has 1 aromatic carbocycles. The molecule has 6 nitrogen and oxygen atoms in total. The van der Waals surface area contributed by atoms with Crippen LogP contribution < -0.4 is 11.5 Å². The predicted octanol–water partition coefficient (Wildman–Crippen LogP) is 1.68. The summed E-state index contributed by atoms with van der Waals surface area (Å²) in [5.74, 6) is -0.574. The number of nitrogens with two attached hydrogens (primary N) is 2. The van der Waals surface area contributed by atoms with E-state index >= 15 is 0 Å². The molecule has 4 N–H and O–H groups in total. The number of hydrogen-bond donors (Lipinski definition) is 2. The van der Waals surface area contributed by atoms with E-state index in [1.54, 1.807) is 6.20 Å². The van der Waals surface area contributed by atoms with Crippen LogP contribution in [0.3, 0.4) is 0 Å². The average molecular weight is 307 g/mol. The Hall–Kier alpha value is -2.86. The van der Waals surface area contributed by atoms with Gasteiger partial charge >= 0.3 is 0 Å². The molecule has 0 saturated carbocycles. The lowest BCUT2D eigenvalue weighted by Gasteiger charge is -2.11. The molecule has 116 valence electrons. The molecule has 1 amide bonds. The number of benzene rings is 1. The van der Waals surface area contributed by atoms with Gasteiger partial charge in [-0.05, 0) is 37.1 Å². The Balaban J connectivity index is 2.25. The van der Waals surface area contributed by atoms with Crippen LogP contribution in [0.1, 0.15) is 22.5 Å². The summed E-state index contributed by atoms with van der Waals surface area (Å²) in [5, 5.41) is 9.14. The third-order valence-electron chi connectivity index (χ3n) is 3.70. The molecule has 3 rings (SSSR count). The van der Waals surface area contributed by atoms with Crippen LogP contribution in [-0.2, 0) is 6.42 Å². The number of rotatable bonds is 5. The van der Waals surface area contributed by atoms with Crippen LogP contribution in [0.4, 0.5) is 0 Å². The van der Waals surface area contributed by atoms with E-state index in [4.69, 9.17) is 11.5 Å². The van der Waals surface area contributed by atoms with Crippen LogP contribution in [0.15, 0.2) is 42.6 Å². The van der Waals surface area contributed by atoms with Gasteiger partial charge in [-0.3, -0.25) is 9.78 Å². The van der Waals surface area contributed by atoms with Gasteiger partial charge in [0.15, 0.2) is 5.69 Å². The molecule has 2 heterocycles. The molecule has 0 bridgehead atoms. The van der Waals surface area contributed by atoms with E-state index in [9.17, 15) is 4.79 Å². The monoisotopic (exact) mass is 307 g/mol. The van der Waals surface area contributed by atoms with Crippen LogP contribution in [-0.4, -0.2) is 27.6 Å². The Bertz CT molecular complexity index is 848. The van der Waals surface area contributed by atoms with Crippen LogP contribution in [0.25, 0.3) is 22.2 Å². The molecule has 0 aliphatic rings. The van der Waals surface area contributed by atoms with Crippen LogP contribution in [0.5, 0.6) is 0 Å². The number of aromatic nitrogens is 3. The van der Waals surface area contributed by atoms with E-state index in [0.717, 1.165) is 28.6 Å². The maximum Gasteiger partial charge on any atom is 0.269 e. The number of carbonyl (C=O) groups excluding carboxylic acids is 1. The molecule has 0 spiro atoms. The van der Waals surface area contributed by atoms with Crippen molar-refractivity contribution in [2.24, 2.45) is 11.5 Å². The summed E-state index contributed by atoms with van der Waals surface area (Å²) in [4.78, 5) is 16.0. The number of aryl methyl sites for hydroxylation is 1. The van der Waals surface area contributed by atoms with Crippen LogP contribution >= 0.6 is 0 Å². The van der Waals surface area contributed by atoms with Crippen molar-refractivity contribution in [1.29, 1.82) is 0 Å². The molecular formula is C17H17N5O. The number of pyridine rings is 1. The predicted molar refractivity (Wildman–Crippen MR) is 88.7 cm³/mol. The second kappa shape index (κ2) is 6.50. The molecule has 0 unspecified atom stereocenters. The lowest BCUT2D eigenvalue weighted by Crippen LogP contribution is -2.18. The number of hydrogen-bond acceptors (Lipinski definition) is 5. The third-order valence-corrected chi connectivity index (χ3v) is 3.70. The Labute approximate surface area is 133 Å². The fourth-order valence-corrected chi connectivity index (χ4v) is 2.64. The Morgan fingerprint density at radius 1 is 1.09 bits per heavy atom. The van der Waals surface area contributed by atoms with Crippen molar-refractivity contribution in [3.05, 3.63) is 53.9 Å². The normalized spacial score (nSPS) is 10.8. The zero-order valence-electron chi connectivity index (χ0n) is 12.6. The minimum Gasteiger partial charge on any atom is -0.364 e. The fraction of sp³-hybridized carbons (Fsp3) is 0.176. The summed E-state index contributed by atoms with van der Waals surface area (Å²) in [7, 11) is 0. The summed E-state index contributed by atoms with van der Waals surface area (Å²) in [6.07, 6.45) is 3.11. The van der Waals surface area contributed by atoms with E-state index in [1.165, 1.54) is 0 Å². The number of nitrogens with zero attached hydrogens (tertiary/aromatic N) is 3. The first-order valence-corrected chi connectivity index (χ1v) is 7.42. The van der Waals surface area contributed by atoms with E-state index in [0.29, 0.717) is 18.5 Å². The van der Waals surface area contributed by atoms with Gasteiger partial charge in [0.25, 0.3) is 5.91 Å². The average Bonchev–Trinajstić information content (AvgIpc) is 2.59. The number of fused-ring (bicyclic) bond motifs is 1. The van der Waals surface area contributed by atoms with E-state index in [2.05, 4.69) is 15.2 Å². The number of amides is 1. The summed E-state index contributed by atoms with van der Waals surface area (Å²) in [5.41, 5.74) is 14.5. The molecule has 6 heteroatoms. The topological polar surface area (TPSA) is 108 Å². The van der Waals surface area contributed by atoms with Crippen LogP contribution in [0, 0.1) is 0 Å². The first-order chi connectivity index (χ1) is 11.2. The summed E-state index contributed by atoms with van der Waals surface area (Å²) in [6.45, 7) is 0.530. The fourth-order valence-electron chi connectivity index (χ4n) is 2.64. The van der Waals surface area contributed by atoms with Gasteiger partial charge in [-0.1, -0.05) is 24.3 Å². The molecule has 3 aromatic rings. The zero-order valence-corrected chi connectivity index (χ0v) is 12.6. The highest BCUT2D eigenvalue weighted by molar-refractivity contribution is 6.00. The van der Waals surface area contributed by atoms with Crippen molar-refractivity contribution in [2.75, 3.05) is 6.54 Å². The minimum atomic E-state index is -0.574. The zero-order chi connectivity index (χ0) is 16.2. The van der Waals surface area contributed by atoms with E-state index in [-0.39, 0.29) is 5.69 Å². The molecule has 0 aliphatic carbocycles. The van der Waals surface area contributed by atoms with Crippen molar-refractivity contribution in [2.45, 2.75) is 12.8 Å². The van der Waals surface area contributed by atoms with Gasteiger partial charge < -0.3 is 11.5 Å². The number of primary amides is 1. The first kappa shape index (κ1) is 15.1.